The minimum Gasteiger partial charge on any atom is -0.478 e. The zero-order chi connectivity index (χ0) is 25.0. The lowest BCUT2D eigenvalue weighted by molar-refractivity contribution is -0.0510. The van der Waals surface area contributed by atoms with Crippen molar-refractivity contribution in [2.75, 3.05) is 5.73 Å². The number of nitrogens with two attached hydrogens (primary N) is 1. The summed E-state index contributed by atoms with van der Waals surface area (Å²) >= 11 is 0. The standard InChI is InChI=1S/C18H15N3O4.CHF3O3S/c1-11-14(17(22)23)9-12(10-15(11)19)18(24)25-16-7-8-21(20-16)13-5-3-2-4-6-13;2-1(3,4)8(5,6)7/h2-10H,19H2,1H3,(H,22,23);(H,5,6,7). The van der Waals surface area contributed by atoms with Crippen molar-refractivity contribution in [2.45, 2.75) is 12.4 Å². The normalized spacial score (nSPS) is 11.3. The number of nitrogen functional groups attached to an aromatic ring is 1. The molecule has 3 aromatic rings. The third-order valence-electron chi connectivity index (χ3n) is 3.99. The van der Waals surface area contributed by atoms with E-state index in [0.29, 0.717) is 5.56 Å². The van der Waals surface area contributed by atoms with Gasteiger partial charge in [-0.1, -0.05) is 18.2 Å². The largest absolute Gasteiger partial charge is 0.522 e. The lowest BCUT2D eigenvalue weighted by Gasteiger charge is -2.08. The minimum atomic E-state index is -5.84. The number of carbonyl (C=O) groups excluding carboxylic acids is 1. The number of esters is 1. The van der Waals surface area contributed by atoms with Crippen molar-refractivity contribution in [3.63, 3.8) is 0 Å². The molecule has 10 nitrogen and oxygen atoms in total. The van der Waals surface area contributed by atoms with Crippen LogP contribution in [-0.2, 0) is 10.1 Å². The smallest absolute Gasteiger partial charge is 0.478 e. The van der Waals surface area contributed by atoms with Gasteiger partial charge in [0.05, 0.1) is 16.8 Å². The third kappa shape index (κ3) is 6.54. The average molecular weight is 487 g/mol. The van der Waals surface area contributed by atoms with Gasteiger partial charge in [-0.25, -0.2) is 14.3 Å². The number of alkyl halides is 3. The van der Waals surface area contributed by atoms with E-state index in [0.717, 1.165) is 5.69 Å². The van der Waals surface area contributed by atoms with Crippen molar-refractivity contribution in [2.24, 2.45) is 0 Å². The molecule has 33 heavy (non-hydrogen) atoms. The van der Waals surface area contributed by atoms with Crippen LogP contribution in [0.3, 0.4) is 0 Å². The van der Waals surface area contributed by atoms with E-state index in [9.17, 15) is 27.9 Å². The molecule has 2 aromatic carbocycles. The SMILES string of the molecule is Cc1c(N)cc(C(=O)Oc2ccn(-c3ccccc3)n2)cc1C(=O)O.O=S(=O)(O)C(F)(F)F. The lowest BCUT2D eigenvalue weighted by Crippen LogP contribution is -2.21. The van der Waals surface area contributed by atoms with Gasteiger partial charge >= 0.3 is 27.6 Å². The molecule has 0 radical (unpaired) electrons. The third-order valence-corrected chi connectivity index (χ3v) is 4.57. The van der Waals surface area contributed by atoms with Gasteiger partial charge in [0.1, 0.15) is 0 Å². The van der Waals surface area contributed by atoms with E-state index in [1.165, 1.54) is 12.1 Å². The van der Waals surface area contributed by atoms with E-state index in [1.807, 2.05) is 30.3 Å². The number of halogens is 3. The van der Waals surface area contributed by atoms with Crippen LogP contribution in [0, 0.1) is 6.92 Å². The predicted octanol–water partition coefficient (Wildman–Crippen LogP) is 3.07. The van der Waals surface area contributed by atoms with Gasteiger partial charge in [0.15, 0.2) is 0 Å². The van der Waals surface area contributed by atoms with Crippen molar-refractivity contribution in [1.82, 2.24) is 9.78 Å². The van der Waals surface area contributed by atoms with Gasteiger partial charge in [0.25, 0.3) is 0 Å². The first-order chi connectivity index (χ1) is 15.2. The number of anilines is 1. The Labute approximate surface area is 184 Å². The van der Waals surface area contributed by atoms with Gasteiger partial charge in [-0.05, 0) is 36.8 Å². The second-order valence-corrected chi connectivity index (χ2v) is 7.70. The molecule has 0 aliphatic rings. The number of aromatic nitrogens is 2. The molecule has 4 N–H and O–H groups in total. The highest BCUT2D eigenvalue weighted by Gasteiger charge is 2.44. The van der Waals surface area contributed by atoms with E-state index in [2.05, 4.69) is 5.10 Å². The lowest BCUT2D eigenvalue weighted by atomic mass is 10.0. The number of ether oxygens (including phenoxy) is 1. The Morgan fingerprint density at radius 2 is 1.70 bits per heavy atom. The number of carboxylic acid groups (broad SMARTS) is 1. The fraction of sp³-hybridized carbons (Fsp3) is 0.105. The Hall–Kier alpha value is -3.91. The van der Waals surface area contributed by atoms with Crippen molar-refractivity contribution in [3.05, 3.63) is 71.4 Å². The molecule has 0 atom stereocenters. The van der Waals surface area contributed by atoms with Gasteiger partial charge < -0.3 is 15.6 Å². The Morgan fingerprint density at radius 3 is 2.21 bits per heavy atom. The molecule has 0 saturated carbocycles. The van der Waals surface area contributed by atoms with Crippen LogP contribution in [0.15, 0.2) is 54.7 Å². The molecule has 0 aliphatic heterocycles. The molecule has 0 amide bonds. The number of benzene rings is 2. The van der Waals surface area contributed by atoms with E-state index in [-0.39, 0.29) is 22.7 Å². The number of nitrogens with zero attached hydrogens (tertiary/aromatic N) is 2. The minimum absolute atomic E-state index is 0.0400. The summed E-state index contributed by atoms with van der Waals surface area (Å²) in [4.78, 5) is 23.5. The highest BCUT2D eigenvalue weighted by molar-refractivity contribution is 7.86. The monoisotopic (exact) mass is 487 g/mol. The van der Waals surface area contributed by atoms with Gasteiger partial charge in [0, 0.05) is 18.0 Å². The summed E-state index contributed by atoms with van der Waals surface area (Å²) in [7, 11) is -5.84. The maximum absolute atomic E-state index is 12.3. The first kappa shape index (κ1) is 25.4. The number of para-hydroxylation sites is 1. The molecule has 1 heterocycles. The summed E-state index contributed by atoms with van der Waals surface area (Å²) in [6.07, 6.45) is 1.66. The first-order valence-corrected chi connectivity index (χ1v) is 10.1. The summed E-state index contributed by atoms with van der Waals surface area (Å²) < 4.78 is 64.3. The molecule has 14 heteroatoms. The Bertz CT molecular complexity index is 1270. The van der Waals surface area contributed by atoms with Crippen LogP contribution in [-0.4, -0.2) is 45.3 Å². The number of carbonyl (C=O) groups is 2. The summed E-state index contributed by atoms with van der Waals surface area (Å²) in [6, 6.07) is 13.5. The maximum Gasteiger partial charge on any atom is 0.522 e. The van der Waals surface area contributed by atoms with Crippen LogP contribution in [0.1, 0.15) is 26.3 Å². The molecular weight excluding hydrogens is 471 g/mol. The molecule has 176 valence electrons. The summed E-state index contributed by atoms with van der Waals surface area (Å²) in [6.45, 7) is 1.58. The fourth-order valence-corrected chi connectivity index (χ4v) is 2.32. The first-order valence-electron chi connectivity index (χ1n) is 8.71. The van der Waals surface area contributed by atoms with Crippen molar-refractivity contribution < 1.29 is 45.6 Å². The molecule has 0 fully saturated rings. The quantitative estimate of drug-likeness (QED) is 0.217. The van der Waals surface area contributed by atoms with Crippen LogP contribution in [0.25, 0.3) is 5.69 Å². The number of hydrogen-bond donors (Lipinski definition) is 3. The molecule has 0 aliphatic carbocycles. The zero-order valence-electron chi connectivity index (χ0n) is 16.6. The van der Waals surface area contributed by atoms with E-state index in [4.69, 9.17) is 23.4 Å². The molecule has 1 aromatic heterocycles. The molecule has 3 rings (SSSR count). The zero-order valence-corrected chi connectivity index (χ0v) is 17.5. The number of aromatic carboxylic acids is 1. The van der Waals surface area contributed by atoms with Crippen LogP contribution < -0.4 is 10.5 Å². The Kier molecular flexibility index (Phi) is 7.45. The molecule has 0 unspecified atom stereocenters. The predicted molar refractivity (Wildman–Crippen MR) is 109 cm³/mol. The molecule has 0 bridgehead atoms. The maximum atomic E-state index is 12.3. The van der Waals surface area contributed by atoms with Gasteiger partial charge in [-0.3, -0.25) is 4.55 Å². The summed E-state index contributed by atoms with van der Waals surface area (Å²) in [5.74, 6) is -1.79. The Balaban J connectivity index is 0.000000414. The number of carboxylic acids is 1. The highest BCUT2D eigenvalue weighted by atomic mass is 32.2. The van der Waals surface area contributed by atoms with Crippen LogP contribution in [0.4, 0.5) is 18.9 Å². The van der Waals surface area contributed by atoms with Crippen LogP contribution in [0.5, 0.6) is 5.88 Å². The molecule has 0 spiro atoms. The molecular formula is C19H16F3N3O7S. The van der Waals surface area contributed by atoms with Crippen molar-refractivity contribution in [1.29, 1.82) is 0 Å². The van der Waals surface area contributed by atoms with Gasteiger partial charge in [0.2, 0.25) is 5.88 Å². The van der Waals surface area contributed by atoms with Crippen molar-refractivity contribution in [3.8, 4) is 11.6 Å². The van der Waals surface area contributed by atoms with Crippen LogP contribution >= 0.6 is 0 Å². The number of hydrogen-bond acceptors (Lipinski definition) is 7. The summed E-state index contributed by atoms with van der Waals surface area (Å²) in [5.41, 5.74) is 1.68. The topological polar surface area (TPSA) is 162 Å². The van der Waals surface area contributed by atoms with E-state index >= 15 is 0 Å². The average Bonchev–Trinajstić information content (AvgIpc) is 3.17. The van der Waals surface area contributed by atoms with E-state index < -0.39 is 27.6 Å². The summed E-state index contributed by atoms with van der Waals surface area (Å²) in [5, 5.41) is 13.4. The second-order valence-electron chi connectivity index (χ2n) is 6.29. The molecule has 0 saturated heterocycles. The number of rotatable bonds is 4. The van der Waals surface area contributed by atoms with Crippen molar-refractivity contribution >= 4 is 27.7 Å². The van der Waals surface area contributed by atoms with Crippen LogP contribution in [0.2, 0.25) is 0 Å². The van der Waals surface area contributed by atoms with Gasteiger partial charge in [-0.15, -0.1) is 5.10 Å². The Morgan fingerprint density at radius 1 is 1.12 bits per heavy atom. The fourth-order valence-electron chi connectivity index (χ4n) is 2.32. The van der Waals surface area contributed by atoms with Gasteiger partial charge in [-0.2, -0.15) is 21.6 Å². The second kappa shape index (κ2) is 9.70. The highest BCUT2D eigenvalue weighted by Crippen LogP contribution is 2.21. The van der Waals surface area contributed by atoms with E-state index in [1.54, 1.807) is 23.9 Å².